The van der Waals surface area contributed by atoms with Crippen LogP contribution in [0.25, 0.3) is 0 Å². The van der Waals surface area contributed by atoms with E-state index in [4.69, 9.17) is 0 Å². The maximum atomic E-state index is 11.7. The normalized spacial score (nSPS) is 21.0. The number of nitrogens with one attached hydrogen (secondary N) is 1. The zero-order valence-corrected chi connectivity index (χ0v) is 20.7. The van der Waals surface area contributed by atoms with Crippen LogP contribution in [0.3, 0.4) is 0 Å². The summed E-state index contributed by atoms with van der Waals surface area (Å²) in [6.07, 6.45) is 8.67. The third kappa shape index (κ3) is 8.95. The minimum Gasteiger partial charge on any atom is -0.269 e. The van der Waals surface area contributed by atoms with E-state index in [1.165, 1.54) is 30.0 Å². The second kappa shape index (κ2) is 14.7. The summed E-state index contributed by atoms with van der Waals surface area (Å²) in [7, 11) is -2.45. The summed E-state index contributed by atoms with van der Waals surface area (Å²) in [5.74, 6) is -0.275. The van der Waals surface area contributed by atoms with Crippen molar-refractivity contribution in [1.29, 1.82) is 0 Å². The van der Waals surface area contributed by atoms with Gasteiger partial charge in [0.05, 0.1) is 0 Å². The minimum atomic E-state index is -1.25. The molecule has 0 aliphatic carbocycles. The average Bonchev–Trinajstić information content (AvgIpc) is 3.03. The largest absolute Gasteiger partial charge is 0.269 e. The number of nitrogens with zero attached hydrogens (tertiary/aromatic N) is 1. The third-order valence-corrected chi connectivity index (χ3v) is 7.60. The van der Waals surface area contributed by atoms with Gasteiger partial charge >= 0.3 is 0 Å². The first kappa shape index (κ1) is 27.7. The van der Waals surface area contributed by atoms with Gasteiger partial charge in [0, 0.05) is 27.5 Å². The van der Waals surface area contributed by atoms with Crippen molar-refractivity contribution in [3.63, 3.8) is 0 Å². The molecule has 2 amide bonds. The minimum absolute atomic E-state index is 0.0584. The third-order valence-electron chi connectivity index (χ3n) is 4.79. The Morgan fingerprint density at radius 1 is 0.759 bits per heavy atom. The Kier molecular flexibility index (Phi) is 14.0. The molecular weight excluding hydrogens is 408 g/mol. The lowest BCUT2D eigenvalue weighted by atomic mass is 10.2. The van der Waals surface area contributed by atoms with E-state index in [0.29, 0.717) is 27.5 Å². The van der Waals surface area contributed by atoms with Crippen molar-refractivity contribution in [1.82, 2.24) is 9.03 Å². The van der Waals surface area contributed by atoms with E-state index < -0.39 is 22.0 Å². The lowest BCUT2D eigenvalue weighted by molar-refractivity contribution is -0.122. The molecule has 2 rings (SSSR count). The number of allylic oxidation sites excluding steroid dienone is 2. The van der Waals surface area contributed by atoms with E-state index in [-0.39, 0.29) is 11.8 Å². The molecule has 168 valence electrons. The zero-order chi connectivity index (χ0) is 22.6. The predicted molar refractivity (Wildman–Crippen MR) is 122 cm³/mol. The van der Waals surface area contributed by atoms with Gasteiger partial charge in [0.25, 0.3) is 11.8 Å². The number of hydrogen-bond donors (Lipinski definition) is 1. The number of carbonyl (C=O) groups excluding carboxylic acids is 2. The van der Waals surface area contributed by atoms with Gasteiger partial charge in [-0.2, -0.15) is 0 Å². The Balaban J connectivity index is 0.000000448. The van der Waals surface area contributed by atoms with Gasteiger partial charge in [-0.3, -0.25) is 18.6 Å². The maximum Gasteiger partial charge on any atom is 0.262 e. The van der Waals surface area contributed by atoms with Crippen molar-refractivity contribution in [3.05, 3.63) is 21.0 Å². The Bertz CT molecular complexity index is 634. The van der Waals surface area contributed by atoms with Crippen LogP contribution in [0, 0.1) is 0 Å². The Hall–Kier alpha value is -1.28. The molecule has 0 aromatic heterocycles. The molecule has 0 aromatic carbocycles. The van der Waals surface area contributed by atoms with Crippen molar-refractivity contribution in [3.8, 4) is 0 Å². The zero-order valence-electron chi connectivity index (χ0n) is 19.1. The van der Waals surface area contributed by atoms with E-state index in [2.05, 4.69) is 25.5 Å². The fourth-order valence-corrected chi connectivity index (χ4v) is 4.54. The van der Waals surface area contributed by atoms with Gasteiger partial charge in [-0.25, -0.2) is 8.42 Å². The Morgan fingerprint density at radius 2 is 1.24 bits per heavy atom. The van der Waals surface area contributed by atoms with Gasteiger partial charge in [0.2, 0.25) is 0 Å². The van der Waals surface area contributed by atoms with Crippen LogP contribution in [0.1, 0.15) is 93.4 Å². The van der Waals surface area contributed by atoms with Crippen LogP contribution >= 0.6 is 0 Å². The van der Waals surface area contributed by atoms with E-state index in [0.717, 1.165) is 19.3 Å². The van der Waals surface area contributed by atoms with Gasteiger partial charge in [-0.1, -0.05) is 59.3 Å². The van der Waals surface area contributed by atoms with Crippen LogP contribution < -0.4 is 4.72 Å². The first-order chi connectivity index (χ1) is 13.6. The quantitative estimate of drug-likeness (QED) is 0.578. The van der Waals surface area contributed by atoms with Gasteiger partial charge in [-0.05, 0) is 34.1 Å². The van der Waals surface area contributed by atoms with Crippen LogP contribution in [0.15, 0.2) is 21.0 Å². The van der Waals surface area contributed by atoms with Crippen molar-refractivity contribution in [2.75, 3.05) is 6.54 Å². The molecule has 8 heteroatoms. The summed E-state index contributed by atoms with van der Waals surface area (Å²) >= 11 is 0. The first-order valence-corrected chi connectivity index (χ1v) is 12.7. The van der Waals surface area contributed by atoms with Gasteiger partial charge in [0.15, 0.2) is 11.0 Å². The summed E-state index contributed by atoms with van der Waals surface area (Å²) in [4.78, 5) is 23.6. The van der Waals surface area contributed by atoms with Crippen molar-refractivity contribution < 1.29 is 18.0 Å². The van der Waals surface area contributed by atoms with Crippen LogP contribution in [0.5, 0.6) is 0 Å². The lowest BCUT2D eigenvalue weighted by Gasteiger charge is -2.14. The van der Waals surface area contributed by atoms with Crippen LogP contribution in [-0.2, 0) is 31.6 Å². The fraction of sp³-hybridized carbons (Fsp3) is 0.714. The van der Waals surface area contributed by atoms with Crippen LogP contribution in [-0.4, -0.2) is 31.1 Å². The second-order valence-electron chi connectivity index (χ2n) is 7.13. The van der Waals surface area contributed by atoms with Crippen molar-refractivity contribution >= 4 is 33.8 Å². The topological polar surface area (TPSA) is 83.6 Å². The van der Waals surface area contributed by atoms with E-state index in [1.54, 1.807) is 27.7 Å². The first-order valence-electron chi connectivity index (χ1n) is 10.4. The lowest BCUT2D eigenvalue weighted by Crippen LogP contribution is -2.28. The van der Waals surface area contributed by atoms with E-state index >= 15 is 0 Å². The molecule has 2 aliphatic heterocycles. The summed E-state index contributed by atoms with van der Waals surface area (Å²) in [5, 5.41) is 0. The number of unbranched alkanes of at least 4 members (excludes halogenated alkanes) is 5. The molecule has 1 N–H and O–H groups in total. The number of amides is 2. The monoisotopic (exact) mass is 446 g/mol. The van der Waals surface area contributed by atoms with Crippen LogP contribution in [0.4, 0.5) is 0 Å². The van der Waals surface area contributed by atoms with E-state index in [9.17, 15) is 18.0 Å². The molecule has 2 aliphatic rings. The molecule has 0 bridgehead atoms. The second-order valence-corrected chi connectivity index (χ2v) is 10.0. The molecule has 0 spiro atoms. The molecular formula is C21H38N2O4S2. The standard InChI is InChI=1S/C10H17NO2S.C6H14.C5H7NO2S/c1-4-5-6-7-11-10(12)8(2)9(3)14(11)13;1-3-5-6-4-2;1-3-4(2)9(8)6-5(3)7/h4-7H2,1-3H3;3-6H2,1-2H3;1-2H3,(H,6,7). The molecule has 0 aromatic rings. The summed E-state index contributed by atoms with van der Waals surface area (Å²) in [6, 6.07) is 0. The highest BCUT2D eigenvalue weighted by Gasteiger charge is 2.31. The SMILES string of the molecule is CC1=C(C)S(=O)NC1=O.CCCCCC.CCCCCN1C(=O)C(C)=C(C)S1=O. The molecule has 0 saturated carbocycles. The highest BCUT2D eigenvalue weighted by molar-refractivity contribution is 7.88. The van der Waals surface area contributed by atoms with E-state index in [1.807, 2.05) is 0 Å². The molecule has 6 nitrogen and oxygen atoms in total. The van der Waals surface area contributed by atoms with Gasteiger partial charge in [0.1, 0.15) is 11.0 Å². The van der Waals surface area contributed by atoms with Gasteiger partial charge < -0.3 is 0 Å². The maximum absolute atomic E-state index is 11.7. The Labute approximate surface area is 181 Å². The summed E-state index contributed by atoms with van der Waals surface area (Å²) < 4.78 is 26.1. The summed E-state index contributed by atoms with van der Waals surface area (Å²) in [5.41, 5.74) is 1.23. The van der Waals surface area contributed by atoms with Gasteiger partial charge in [-0.15, -0.1) is 0 Å². The average molecular weight is 447 g/mol. The predicted octanol–water partition coefficient (Wildman–Crippen LogP) is 4.64. The van der Waals surface area contributed by atoms with Crippen LogP contribution in [0.2, 0.25) is 0 Å². The number of hydrogen-bond acceptors (Lipinski definition) is 4. The van der Waals surface area contributed by atoms with Crippen molar-refractivity contribution in [2.45, 2.75) is 93.4 Å². The molecule has 2 atom stereocenters. The highest BCUT2D eigenvalue weighted by Crippen LogP contribution is 2.23. The van der Waals surface area contributed by atoms with Crippen molar-refractivity contribution in [2.24, 2.45) is 0 Å². The molecule has 0 radical (unpaired) electrons. The highest BCUT2D eigenvalue weighted by atomic mass is 32.2. The molecule has 0 fully saturated rings. The smallest absolute Gasteiger partial charge is 0.262 e. The molecule has 2 heterocycles. The molecule has 29 heavy (non-hydrogen) atoms. The fourth-order valence-electron chi connectivity index (χ4n) is 2.44. The number of rotatable bonds is 7. The Morgan fingerprint density at radius 3 is 1.52 bits per heavy atom. The number of carbonyl (C=O) groups is 2. The molecule has 2 unspecified atom stereocenters. The summed E-state index contributed by atoms with van der Waals surface area (Å²) in [6.45, 7) is 14.0. The molecule has 0 saturated heterocycles.